The van der Waals surface area contributed by atoms with Crippen LogP contribution >= 0.6 is 0 Å². The Balaban J connectivity index is 2.52. The van der Waals surface area contributed by atoms with Gasteiger partial charge in [0, 0.05) is 6.61 Å². The molecule has 1 atom stereocenters. The van der Waals surface area contributed by atoms with Crippen LogP contribution in [0.5, 0.6) is 0 Å². The molecule has 15 heavy (non-hydrogen) atoms. The zero-order valence-corrected chi connectivity index (χ0v) is 9.70. The second-order valence-electron chi connectivity index (χ2n) is 3.78. The highest BCUT2D eigenvalue weighted by Gasteiger charge is 2.05. The van der Waals surface area contributed by atoms with E-state index in [-0.39, 0.29) is 6.04 Å². The zero-order valence-electron chi connectivity index (χ0n) is 9.70. The largest absolute Gasteiger partial charge is 0.379 e. The summed E-state index contributed by atoms with van der Waals surface area (Å²) in [6.45, 7) is 5.66. The van der Waals surface area contributed by atoms with E-state index < -0.39 is 0 Å². The molecule has 1 rings (SSSR count). The molecule has 2 heteroatoms. The van der Waals surface area contributed by atoms with Crippen molar-refractivity contribution in [3.8, 4) is 0 Å². The van der Waals surface area contributed by atoms with Crippen LogP contribution in [0.4, 0.5) is 0 Å². The van der Waals surface area contributed by atoms with E-state index in [1.165, 1.54) is 11.1 Å². The summed E-state index contributed by atoms with van der Waals surface area (Å²) in [4.78, 5) is 0. The van der Waals surface area contributed by atoms with Crippen LogP contribution < -0.4 is 5.73 Å². The molecule has 0 aliphatic carbocycles. The predicted octanol–water partition coefficient (Wildman–Crippen LogP) is 2.68. The standard InChI is InChI=1S/C13H21NO/c1-3-8-15-10-13(14)12-7-5-6-11(4-2)9-12/h5-7,9,13H,3-4,8,10,14H2,1-2H3. The number of hydrogen-bond acceptors (Lipinski definition) is 2. The molecule has 0 radical (unpaired) electrons. The van der Waals surface area contributed by atoms with Gasteiger partial charge in [-0.3, -0.25) is 0 Å². The van der Waals surface area contributed by atoms with Crippen LogP contribution in [0.25, 0.3) is 0 Å². The van der Waals surface area contributed by atoms with Gasteiger partial charge in [0.1, 0.15) is 0 Å². The first-order valence-electron chi connectivity index (χ1n) is 5.70. The number of nitrogens with two attached hydrogens (primary N) is 1. The summed E-state index contributed by atoms with van der Waals surface area (Å²) in [6, 6.07) is 8.43. The molecular formula is C13H21NO. The Morgan fingerprint density at radius 3 is 2.80 bits per heavy atom. The quantitative estimate of drug-likeness (QED) is 0.728. The number of benzene rings is 1. The first-order valence-corrected chi connectivity index (χ1v) is 5.70. The van der Waals surface area contributed by atoms with E-state index in [0.717, 1.165) is 19.4 Å². The lowest BCUT2D eigenvalue weighted by atomic mass is 10.0. The Labute approximate surface area is 92.4 Å². The van der Waals surface area contributed by atoms with E-state index in [9.17, 15) is 0 Å². The summed E-state index contributed by atoms with van der Waals surface area (Å²) in [5.74, 6) is 0. The lowest BCUT2D eigenvalue weighted by molar-refractivity contribution is 0.121. The molecule has 0 bridgehead atoms. The SMILES string of the molecule is CCCOCC(N)c1cccc(CC)c1. The molecule has 0 saturated heterocycles. The molecule has 0 spiro atoms. The molecule has 1 unspecified atom stereocenters. The Hall–Kier alpha value is -0.860. The maximum Gasteiger partial charge on any atom is 0.0659 e. The van der Waals surface area contributed by atoms with Crippen molar-refractivity contribution in [1.82, 2.24) is 0 Å². The lowest BCUT2D eigenvalue weighted by Gasteiger charge is -2.13. The summed E-state index contributed by atoms with van der Waals surface area (Å²) in [6.07, 6.45) is 2.10. The van der Waals surface area contributed by atoms with Gasteiger partial charge in [-0.15, -0.1) is 0 Å². The molecule has 0 aliphatic heterocycles. The monoisotopic (exact) mass is 207 g/mol. The van der Waals surface area contributed by atoms with E-state index in [2.05, 4.69) is 38.1 Å². The third-order valence-electron chi connectivity index (χ3n) is 2.43. The summed E-state index contributed by atoms with van der Waals surface area (Å²) in [7, 11) is 0. The van der Waals surface area contributed by atoms with Gasteiger partial charge in [-0.05, 0) is 24.0 Å². The molecule has 2 nitrogen and oxygen atoms in total. The highest BCUT2D eigenvalue weighted by atomic mass is 16.5. The number of rotatable bonds is 6. The topological polar surface area (TPSA) is 35.2 Å². The van der Waals surface area contributed by atoms with Gasteiger partial charge in [-0.25, -0.2) is 0 Å². The maximum absolute atomic E-state index is 6.03. The Kier molecular flexibility index (Phi) is 5.37. The van der Waals surface area contributed by atoms with Crippen molar-refractivity contribution in [3.63, 3.8) is 0 Å². The smallest absolute Gasteiger partial charge is 0.0659 e. The van der Waals surface area contributed by atoms with Gasteiger partial charge in [0.25, 0.3) is 0 Å². The lowest BCUT2D eigenvalue weighted by Crippen LogP contribution is -2.17. The van der Waals surface area contributed by atoms with Gasteiger partial charge in [-0.1, -0.05) is 38.1 Å². The zero-order chi connectivity index (χ0) is 11.1. The fraction of sp³-hybridized carbons (Fsp3) is 0.538. The highest BCUT2D eigenvalue weighted by Crippen LogP contribution is 2.13. The van der Waals surface area contributed by atoms with E-state index in [1.807, 2.05) is 0 Å². The van der Waals surface area contributed by atoms with Crippen molar-refractivity contribution in [2.45, 2.75) is 32.7 Å². The fourth-order valence-corrected chi connectivity index (χ4v) is 1.49. The Bertz CT molecular complexity index is 286. The second-order valence-corrected chi connectivity index (χ2v) is 3.78. The van der Waals surface area contributed by atoms with Crippen molar-refractivity contribution >= 4 is 0 Å². The average molecular weight is 207 g/mol. The van der Waals surface area contributed by atoms with Crippen LogP contribution in [0.2, 0.25) is 0 Å². The molecule has 0 aliphatic rings. The number of hydrogen-bond donors (Lipinski definition) is 1. The van der Waals surface area contributed by atoms with Gasteiger partial charge in [-0.2, -0.15) is 0 Å². The fourth-order valence-electron chi connectivity index (χ4n) is 1.49. The van der Waals surface area contributed by atoms with Gasteiger partial charge < -0.3 is 10.5 Å². The van der Waals surface area contributed by atoms with Crippen molar-refractivity contribution in [3.05, 3.63) is 35.4 Å². The van der Waals surface area contributed by atoms with Crippen LogP contribution in [0.15, 0.2) is 24.3 Å². The molecule has 0 heterocycles. The molecule has 1 aromatic rings. The molecule has 0 saturated carbocycles. The third-order valence-corrected chi connectivity index (χ3v) is 2.43. The number of aryl methyl sites for hydroxylation is 1. The maximum atomic E-state index is 6.03. The minimum Gasteiger partial charge on any atom is -0.379 e. The molecule has 1 aromatic carbocycles. The van der Waals surface area contributed by atoms with Crippen LogP contribution in [0.3, 0.4) is 0 Å². The molecule has 2 N–H and O–H groups in total. The van der Waals surface area contributed by atoms with Gasteiger partial charge in [0.2, 0.25) is 0 Å². The number of ether oxygens (including phenoxy) is 1. The van der Waals surface area contributed by atoms with Crippen molar-refractivity contribution < 1.29 is 4.74 Å². The highest BCUT2D eigenvalue weighted by molar-refractivity contribution is 5.25. The van der Waals surface area contributed by atoms with Gasteiger partial charge in [0.15, 0.2) is 0 Å². The van der Waals surface area contributed by atoms with E-state index >= 15 is 0 Å². The summed E-state index contributed by atoms with van der Waals surface area (Å²) < 4.78 is 5.45. The minimum atomic E-state index is 0.00282. The molecule has 0 aromatic heterocycles. The van der Waals surface area contributed by atoms with E-state index in [1.54, 1.807) is 0 Å². The minimum absolute atomic E-state index is 0.00282. The summed E-state index contributed by atoms with van der Waals surface area (Å²) in [5.41, 5.74) is 8.54. The Morgan fingerprint density at radius 1 is 1.33 bits per heavy atom. The van der Waals surface area contributed by atoms with Crippen LogP contribution in [-0.2, 0) is 11.2 Å². The van der Waals surface area contributed by atoms with Gasteiger partial charge in [0.05, 0.1) is 12.6 Å². The first kappa shape index (κ1) is 12.2. The molecule has 0 amide bonds. The van der Waals surface area contributed by atoms with Crippen LogP contribution in [0, 0.1) is 0 Å². The second kappa shape index (κ2) is 6.59. The summed E-state index contributed by atoms with van der Waals surface area (Å²) in [5, 5.41) is 0. The van der Waals surface area contributed by atoms with Crippen LogP contribution in [0.1, 0.15) is 37.4 Å². The van der Waals surface area contributed by atoms with Crippen LogP contribution in [-0.4, -0.2) is 13.2 Å². The van der Waals surface area contributed by atoms with Gasteiger partial charge >= 0.3 is 0 Å². The van der Waals surface area contributed by atoms with Crippen molar-refractivity contribution in [1.29, 1.82) is 0 Å². The molecule has 84 valence electrons. The molecule has 0 fully saturated rings. The predicted molar refractivity (Wildman–Crippen MR) is 63.9 cm³/mol. The molecular weight excluding hydrogens is 186 g/mol. The van der Waals surface area contributed by atoms with E-state index in [4.69, 9.17) is 10.5 Å². The average Bonchev–Trinajstić information content (AvgIpc) is 2.29. The third kappa shape index (κ3) is 4.02. The van der Waals surface area contributed by atoms with Crippen molar-refractivity contribution in [2.75, 3.05) is 13.2 Å². The summed E-state index contributed by atoms with van der Waals surface area (Å²) >= 11 is 0. The van der Waals surface area contributed by atoms with E-state index in [0.29, 0.717) is 6.61 Å². The first-order chi connectivity index (χ1) is 7.27. The van der Waals surface area contributed by atoms with Crippen molar-refractivity contribution in [2.24, 2.45) is 5.73 Å². The normalized spacial score (nSPS) is 12.7. The Morgan fingerprint density at radius 2 is 2.13 bits per heavy atom.